The van der Waals surface area contributed by atoms with Crippen LogP contribution in [0.15, 0.2) is 53.7 Å². The van der Waals surface area contributed by atoms with E-state index in [0.29, 0.717) is 11.8 Å². The van der Waals surface area contributed by atoms with Gasteiger partial charge in [-0.15, -0.1) is 0 Å². The van der Waals surface area contributed by atoms with Crippen molar-refractivity contribution in [2.75, 3.05) is 6.54 Å². The largest absolute Gasteiger partial charge is 0.478 e. The number of hydrogen-bond donors (Lipinski definition) is 1. The number of carbonyl (C=O) groups excluding carboxylic acids is 1. The molecule has 0 bridgehead atoms. The van der Waals surface area contributed by atoms with E-state index in [1.807, 2.05) is 0 Å². The van der Waals surface area contributed by atoms with E-state index < -0.39 is 16.0 Å². The van der Waals surface area contributed by atoms with Crippen LogP contribution in [0.5, 0.6) is 0 Å². The number of benzene rings is 1. The second kappa shape index (κ2) is 7.12. The van der Waals surface area contributed by atoms with Gasteiger partial charge in [0.05, 0.1) is 17.0 Å². The molecule has 2 aromatic rings. The summed E-state index contributed by atoms with van der Waals surface area (Å²) in [6.45, 7) is -0.434. The third-order valence-corrected chi connectivity index (χ3v) is 4.99. The zero-order valence-corrected chi connectivity index (χ0v) is 12.8. The van der Waals surface area contributed by atoms with Crippen LogP contribution in [0, 0.1) is 0 Å². The minimum atomic E-state index is -4.14. The van der Waals surface area contributed by atoms with Crippen molar-refractivity contribution in [1.29, 1.82) is 0 Å². The molecule has 120 valence electrons. The van der Waals surface area contributed by atoms with Gasteiger partial charge in [0.25, 0.3) is 0 Å². The molecule has 1 N–H and O–H groups in total. The monoisotopic (exact) mass is 334 g/mol. The highest BCUT2D eigenvalue weighted by Gasteiger charge is 2.28. The molecule has 1 aromatic carbocycles. The number of rotatable bonds is 7. The average Bonchev–Trinajstić information content (AvgIpc) is 2.55. The quantitative estimate of drug-likeness (QED) is 0.762. The number of aromatic nitrogens is 1. The van der Waals surface area contributed by atoms with E-state index in [-0.39, 0.29) is 23.5 Å². The summed E-state index contributed by atoms with van der Waals surface area (Å²) in [7, 11) is -4.14. The van der Waals surface area contributed by atoms with Gasteiger partial charge >= 0.3 is 5.97 Å². The van der Waals surface area contributed by atoms with Crippen LogP contribution in [-0.2, 0) is 21.4 Å². The molecular weight excluding hydrogens is 320 g/mol. The minimum absolute atomic E-state index is 0.0580. The first-order chi connectivity index (χ1) is 11.0. The summed E-state index contributed by atoms with van der Waals surface area (Å²) >= 11 is 0. The number of aldehydes is 1. The standard InChI is InChI=1S/C15H14N2O5S/c18-10-9-17(11-12-5-7-16-8-6-12)23(21,22)14-4-2-1-3-13(14)15(19)20/h1-8,10H,9,11H2,(H,19,20). The van der Waals surface area contributed by atoms with E-state index in [0.717, 1.165) is 4.31 Å². The fraction of sp³-hybridized carbons (Fsp3) is 0.133. The topological polar surface area (TPSA) is 105 Å². The van der Waals surface area contributed by atoms with E-state index >= 15 is 0 Å². The molecule has 23 heavy (non-hydrogen) atoms. The maximum atomic E-state index is 12.7. The highest BCUT2D eigenvalue weighted by molar-refractivity contribution is 7.89. The predicted molar refractivity (Wildman–Crippen MR) is 81.3 cm³/mol. The lowest BCUT2D eigenvalue weighted by atomic mass is 10.2. The Morgan fingerprint density at radius 1 is 1.17 bits per heavy atom. The molecule has 1 heterocycles. The van der Waals surface area contributed by atoms with Crippen LogP contribution in [0.25, 0.3) is 0 Å². The number of pyridine rings is 1. The summed E-state index contributed by atoms with van der Waals surface area (Å²) in [6.07, 6.45) is 3.47. The van der Waals surface area contributed by atoms with Gasteiger partial charge in [0.2, 0.25) is 10.0 Å². The number of carbonyl (C=O) groups is 2. The molecule has 0 radical (unpaired) electrons. The Hall–Kier alpha value is -2.58. The Morgan fingerprint density at radius 2 is 1.83 bits per heavy atom. The molecule has 0 saturated heterocycles. The smallest absolute Gasteiger partial charge is 0.337 e. The van der Waals surface area contributed by atoms with E-state index in [1.54, 1.807) is 12.1 Å². The molecule has 2 rings (SSSR count). The molecule has 0 saturated carbocycles. The Balaban J connectivity index is 2.45. The normalized spacial score (nSPS) is 11.3. The summed E-state index contributed by atoms with van der Waals surface area (Å²) in [5.41, 5.74) is 0.302. The van der Waals surface area contributed by atoms with E-state index in [4.69, 9.17) is 5.11 Å². The summed E-state index contributed by atoms with van der Waals surface area (Å²) in [5.74, 6) is -1.35. The van der Waals surface area contributed by atoms with Crippen molar-refractivity contribution >= 4 is 22.3 Å². The molecule has 7 nitrogen and oxygen atoms in total. The van der Waals surface area contributed by atoms with Crippen LogP contribution in [0.3, 0.4) is 0 Å². The first kappa shape index (κ1) is 16.8. The maximum absolute atomic E-state index is 12.7. The van der Waals surface area contributed by atoms with Crippen molar-refractivity contribution in [1.82, 2.24) is 9.29 Å². The summed E-state index contributed by atoms with van der Waals surface area (Å²) in [4.78, 5) is 25.6. The zero-order valence-electron chi connectivity index (χ0n) is 12.0. The molecule has 0 aliphatic carbocycles. The number of sulfonamides is 1. The van der Waals surface area contributed by atoms with Gasteiger partial charge in [0.1, 0.15) is 6.29 Å². The Kier molecular flexibility index (Phi) is 5.20. The van der Waals surface area contributed by atoms with E-state index in [2.05, 4.69) is 4.98 Å². The average molecular weight is 334 g/mol. The van der Waals surface area contributed by atoms with Crippen LogP contribution in [0.1, 0.15) is 15.9 Å². The Bertz CT molecular complexity index is 806. The van der Waals surface area contributed by atoms with Crippen molar-refractivity contribution in [2.45, 2.75) is 11.4 Å². The van der Waals surface area contributed by atoms with Gasteiger partial charge in [0, 0.05) is 18.9 Å². The Morgan fingerprint density at radius 3 is 2.43 bits per heavy atom. The SMILES string of the molecule is O=CCN(Cc1ccncc1)S(=O)(=O)c1ccccc1C(=O)O. The van der Waals surface area contributed by atoms with Crippen molar-refractivity contribution in [3.05, 3.63) is 59.9 Å². The van der Waals surface area contributed by atoms with Crippen molar-refractivity contribution in [3.8, 4) is 0 Å². The van der Waals surface area contributed by atoms with E-state index in [1.165, 1.54) is 36.7 Å². The van der Waals surface area contributed by atoms with Gasteiger partial charge < -0.3 is 9.90 Å². The minimum Gasteiger partial charge on any atom is -0.478 e. The molecule has 0 spiro atoms. The van der Waals surface area contributed by atoms with Gasteiger partial charge in [-0.05, 0) is 29.8 Å². The highest BCUT2D eigenvalue weighted by Crippen LogP contribution is 2.21. The van der Waals surface area contributed by atoms with Crippen LogP contribution in [-0.4, -0.2) is 41.6 Å². The molecule has 0 amide bonds. The predicted octanol–water partition coefficient (Wildman–Crippen LogP) is 1.17. The highest BCUT2D eigenvalue weighted by atomic mass is 32.2. The fourth-order valence-corrected chi connectivity index (χ4v) is 3.57. The fourth-order valence-electron chi connectivity index (χ4n) is 2.03. The lowest BCUT2D eigenvalue weighted by Crippen LogP contribution is -2.33. The second-order valence-electron chi connectivity index (χ2n) is 4.62. The lowest BCUT2D eigenvalue weighted by molar-refractivity contribution is -0.108. The number of carboxylic acid groups (broad SMARTS) is 1. The van der Waals surface area contributed by atoms with Crippen LogP contribution in [0.4, 0.5) is 0 Å². The van der Waals surface area contributed by atoms with Gasteiger partial charge in [0.15, 0.2) is 0 Å². The van der Waals surface area contributed by atoms with Crippen molar-refractivity contribution in [3.63, 3.8) is 0 Å². The Labute approximate surface area is 133 Å². The molecule has 0 fully saturated rings. The summed E-state index contributed by atoms with van der Waals surface area (Å²) in [5, 5.41) is 9.17. The molecule has 0 aliphatic heterocycles. The second-order valence-corrected chi connectivity index (χ2v) is 6.53. The van der Waals surface area contributed by atoms with Crippen LogP contribution in [0.2, 0.25) is 0 Å². The van der Waals surface area contributed by atoms with Crippen LogP contribution < -0.4 is 0 Å². The van der Waals surface area contributed by atoms with Crippen molar-refractivity contribution < 1.29 is 23.1 Å². The summed E-state index contributed by atoms with van der Waals surface area (Å²) in [6, 6.07) is 8.54. The molecule has 0 aliphatic rings. The molecular formula is C15H14N2O5S. The number of hydrogen-bond acceptors (Lipinski definition) is 5. The maximum Gasteiger partial charge on any atom is 0.337 e. The lowest BCUT2D eigenvalue weighted by Gasteiger charge is -2.20. The number of nitrogens with zero attached hydrogens (tertiary/aromatic N) is 2. The molecule has 0 atom stereocenters. The van der Waals surface area contributed by atoms with E-state index in [9.17, 15) is 18.0 Å². The third kappa shape index (κ3) is 3.79. The summed E-state index contributed by atoms with van der Waals surface area (Å²) < 4.78 is 26.4. The van der Waals surface area contributed by atoms with Gasteiger partial charge in [-0.1, -0.05) is 12.1 Å². The first-order valence-electron chi connectivity index (χ1n) is 6.62. The van der Waals surface area contributed by atoms with Gasteiger partial charge in [-0.25, -0.2) is 13.2 Å². The van der Waals surface area contributed by atoms with Crippen molar-refractivity contribution in [2.24, 2.45) is 0 Å². The molecule has 0 unspecified atom stereocenters. The van der Waals surface area contributed by atoms with Crippen LogP contribution >= 0.6 is 0 Å². The molecule has 1 aromatic heterocycles. The third-order valence-electron chi connectivity index (χ3n) is 3.12. The number of aromatic carboxylic acids is 1. The zero-order chi connectivity index (χ0) is 16.9. The number of carboxylic acids is 1. The van der Waals surface area contributed by atoms with Gasteiger partial charge in [-0.2, -0.15) is 4.31 Å². The first-order valence-corrected chi connectivity index (χ1v) is 8.06. The molecule has 8 heteroatoms. The van der Waals surface area contributed by atoms with Gasteiger partial charge in [-0.3, -0.25) is 4.98 Å².